The van der Waals surface area contributed by atoms with Crippen LogP contribution in [0, 0.1) is 0 Å². The van der Waals surface area contributed by atoms with Crippen molar-refractivity contribution >= 4 is 28.6 Å². The highest BCUT2D eigenvalue weighted by Gasteiger charge is 2.19. The quantitative estimate of drug-likeness (QED) is 0.800. The van der Waals surface area contributed by atoms with Crippen LogP contribution in [0.25, 0.3) is 10.0 Å². The molecule has 0 atom stereocenters. The first kappa shape index (κ1) is 13.0. The van der Waals surface area contributed by atoms with Crippen molar-refractivity contribution in [2.24, 2.45) is 0 Å². The highest BCUT2D eigenvalue weighted by molar-refractivity contribution is 7.20. The van der Waals surface area contributed by atoms with E-state index in [-0.39, 0.29) is 5.69 Å². The summed E-state index contributed by atoms with van der Waals surface area (Å²) in [4.78, 5) is 20.5. The van der Waals surface area contributed by atoms with Gasteiger partial charge in [-0.05, 0) is 5.56 Å². The zero-order valence-electron chi connectivity index (χ0n) is 10.3. The topological polar surface area (TPSA) is 63.1 Å². The molecule has 0 spiro atoms. The molecule has 2 aromatic heterocycles. The third kappa shape index (κ3) is 2.61. The number of aromatic carboxylic acids is 1. The fraction of sp³-hybridized carbons (Fsp3) is 0.0714. The van der Waals surface area contributed by atoms with E-state index in [0.717, 1.165) is 15.4 Å². The third-order valence-electron chi connectivity index (χ3n) is 2.72. The van der Waals surface area contributed by atoms with Crippen LogP contribution in [0.15, 0.2) is 41.9 Å². The van der Waals surface area contributed by atoms with E-state index in [9.17, 15) is 9.90 Å². The molecule has 6 heteroatoms. The van der Waals surface area contributed by atoms with E-state index in [1.54, 1.807) is 6.20 Å². The number of aromatic nitrogens is 2. The molecule has 20 heavy (non-hydrogen) atoms. The van der Waals surface area contributed by atoms with Crippen molar-refractivity contribution in [3.63, 3.8) is 0 Å². The van der Waals surface area contributed by atoms with Gasteiger partial charge < -0.3 is 5.11 Å². The molecule has 1 N–H and O–H groups in total. The molecule has 100 valence electrons. The van der Waals surface area contributed by atoms with Crippen LogP contribution in [0.3, 0.4) is 0 Å². The summed E-state index contributed by atoms with van der Waals surface area (Å²) in [6.45, 7) is 0. The number of carboxylic acid groups (broad SMARTS) is 1. The van der Waals surface area contributed by atoms with E-state index in [1.165, 1.54) is 22.7 Å². The highest BCUT2D eigenvalue weighted by Crippen LogP contribution is 2.31. The number of thiazole rings is 2. The Labute approximate surface area is 123 Å². The van der Waals surface area contributed by atoms with Gasteiger partial charge in [0.25, 0.3) is 0 Å². The summed E-state index contributed by atoms with van der Waals surface area (Å²) in [5, 5.41) is 12.6. The molecule has 0 aliphatic rings. The van der Waals surface area contributed by atoms with E-state index < -0.39 is 5.97 Å². The van der Waals surface area contributed by atoms with Crippen LogP contribution in [0.1, 0.15) is 20.9 Å². The van der Waals surface area contributed by atoms with Crippen molar-refractivity contribution in [3.8, 4) is 10.0 Å². The Balaban J connectivity index is 1.99. The van der Waals surface area contributed by atoms with Crippen molar-refractivity contribution < 1.29 is 9.90 Å². The molecule has 0 radical (unpaired) electrons. The first-order chi connectivity index (χ1) is 9.74. The number of hydrogen-bond acceptors (Lipinski definition) is 5. The average molecular weight is 302 g/mol. The van der Waals surface area contributed by atoms with Crippen molar-refractivity contribution in [2.75, 3.05) is 0 Å². The van der Waals surface area contributed by atoms with E-state index in [1.807, 2.05) is 35.7 Å². The smallest absolute Gasteiger partial charge is 0.355 e. The minimum absolute atomic E-state index is 0.129. The third-order valence-corrected chi connectivity index (χ3v) is 4.69. The molecule has 4 nitrogen and oxygen atoms in total. The number of rotatable bonds is 4. The fourth-order valence-electron chi connectivity index (χ4n) is 1.84. The summed E-state index contributed by atoms with van der Waals surface area (Å²) < 4.78 is 0. The molecule has 2 heterocycles. The maximum absolute atomic E-state index is 11.3. The Hall–Kier alpha value is -2.05. The molecule has 0 fully saturated rings. The molecule has 0 bridgehead atoms. The maximum atomic E-state index is 11.3. The van der Waals surface area contributed by atoms with Gasteiger partial charge in [0.15, 0.2) is 15.7 Å². The zero-order chi connectivity index (χ0) is 13.9. The van der Waals surface area contributed by atoms with Crippen LogP contribution >= 0.6 is 22.7 Å². The summed E-state index contributed by atoms with van der Waals surface area (Å²) >= 11 is 2.86. The molecule has 0 saturated carbocycles. The minimum Gasteiger partial charge on any atom is -0.476 e. The summed E-state index contributed by atoms with van der Waals surface area (Å²) in [6.07, 6.45) is 2.27. The number of carboxylic acids is 1. The minimum atomic E-state index is -0.991. The molecule has 0 aliphatic carbocycles. The van der Waals surface area contributed by atoms with Gasteiger partial charge in [-0.2, -0.15) is 0 Å². The van der Waals surface area contributed by atoms with Crippen LogP contribution in [-0.2, 0) is 6.42 Å². The van der Waals surface area contributed by atoms with E-state index in [0.29, 0.717) is 11.4 Å². The first-order valence-corrected chi connectivity index (χ1v) is 7.60. The lowest BCUT2D eigenvalue weighted by atomic mass is 10.1. The number of benzene rings is 1. The number of carbonyl (C=O) groups is 1. The lowest BCUT2D eigenvalue weighted by molar-refractivity contribution is 0.0690. The van der Waals surface area contributed by atoms with Crippen molar-refractivity contribution in [1.29, 1.82) is 0 Å². The summed E-state index contributed by atoms with van der Waals surface area (Å²) in [7, 11) is 0. The maximum Gasteiger partial charge on any atom is 0.355 e. The van der Waals surface area contributed by atoms with Gasteiger partial charge in [0.1, 0.15) is 0 Å². The van der Waals surface area contributed by atoms with E-state index in [4.69, 9.17) is 0 Å². The van der Waals surface area contributed by atoms with Gasteiger partial charge in [-0.3, -0.25) is 0 Å². The van der Waals surface area contributed by atoms with Crippen LogP contribution in [0.4, 0.5) is 0 Å². The summed E-state index contributed by atoms with van der Waals surface area (Å²) in [5.41, 5.74) is 1.20. The first-order valence-electron chi connectivity index (χ1n) is 5.91. The normalized spacial score (nSPS) is 10.6. The van der Waals surface area contributed by atoms with Crippen molar-refractivity contribution in [3.05, 3.63) is 58.0 Å². The molecule has 0 amide bonds. The second-order valence-electron chi connectivity index (χ2n) is 4.10. The lowest BCUT2D eigenvalue weighted by Gasteiger charge is -1.98. The molecular weight excluding hydrogens is 292 g/mol. The van der Waals surface area contributed by atoms with Crippen LogP contribution in [0.2, 0.25) is 0 Å². The van der Waals surface area contributed by atoms with Crippen LogP contribution in [0.5, 0.6) is 0 Å². The molecular formula is C14H10N2O2S2. The summed E-state index contributed by atoms with van der Waals surface area (Å²) in [6, 6.07) is 9.79. The van der Waals surface area contributed by atoms with Gasteiger partial charge in [0, 0.05) is 22.9 Å². The number of hydrogen-bond donors (Lipinski definition) is 1. The van der Waals surface area contributed by atoms with Gasteiger partial charge in [-0.15, -0.1) is 22.7 Å². The Morgan fingerprint density at radius 3 is 2.65 bits per heavy atom. The van der Waals surface area contributed by atoms with E-state index in [2.05, 4.69) is 9.97 Å². The average Bonchev–Trinajstić information content (AvgIpc) is 3.08. The van der Waals surface area contributed by atoms with Gasteiger partial charge in [-0.1, -0.05) is 30.3 Å². The monoisotopic (exact) mass is 302 g/mol. The number of nitrogens with zero attached hydrogens (tertiary/aromatic N) is 2. The SMILES string of the molecule is O=C(O)c1nc(-c2nccs2)sc1Cc1ccccc1. The van der Waals surface area contributed by atoms with Gasteiger partial charge in [0.2, 0.25) is 0 Å². The Morgan fingerprint density at radius 1 is 1.20 bits per heavy atom. The largest absolute Gasteiger partial charge is 0.476 e. The fourth-order valence-corrected chi connectivity index (χ4v) is 3.61. The molecule has 0 unspecified atom stereocenters. The standard InChI is InChI=1S/C14H10N2O2S2/c17-14(18)11-10(8-9-4-2-1-3-5-9)20-13(16-11)12-15-6-7-19-12/h1-7H,8H2,(H,17,18). The summed E-state index contributed by atoms with van der Waals surface area (Å²) in [5.74, 6) is -0.991. The molecule has 1 aromatic carbocycles. The molecule has 0 saturated heterocycles. The molecule has 3 rings (SSSR count). The highest BCUT2D eigenvalue weighted by atomic mass is 32.1. The van der Waals surface area contributed by atoms with Crippen LogP contribution in [-0.4, -0.2) is 21.0 Å². The van der Waals surface area contributed by atoms with Gasteiger partial charge in [-0.25, -0.2) is 14.8 Å². The Bertz CT molecular complexity index is 721. The zero-order valence-corrected chi connectivity index (χ0v) is 11.9. The second-order valence-corrected chi connectivity index (χ2v) is 6.07. The van der Waals surface area contributed by atoms with E-state index >= 15 is 0 Å². The lowest BCUT2D eigenvalue weighted by Crippen LogP contribution is -2.01. The predicted molar refractivity (Wildman–Crippen MR) is 79.4 cm³/mol. The van der Waals surface area contributed by atoms with Crippen molar-refractivity contribution in [1.82, 2.24) is 9.97 Å². The van der Waals surface area contributed by atoms with Gasteiger partial charge >= 0.3 is 5.97 Å². The molecule has 0 aliphatic heterocycles. The van der Waals surface area contributed by atoms with Crippen molar-refractivity contribution in [2.45, 2.75) is 6.42 Å². The Kier molecular flexibility index (Phi) is 3.58. The predicted octanol–water partition coefficient (Wildman–Crippen LogP) is 3.56. The Morgan fingerprint density at radius 2 is 2.00 bits per heavy atom. The van der Waals surface area contributed by atoms with Gasteiger partial charge in [0.05, 0.1) is 0 Å². The van der Waals surface area contributed by atoms with Crippen LogP contribution < -0.4 is 0 Å². The second kappa shape index (κ2) is 5.52. The molecule has 3 aromatic rings.